The van der Waals surface area contributed by atoms with Gasteiger partial charge in [0.2, 0.25) is 5.91 Å². The van der Waals surface area contributed by atoms with E-state index in [0.29, 0.717) is 13.1 Å². The van der Waals surface area contributed by atoms with Crippen LogP contribution in [0.15, 0.2) is 6.20 Å². The first-order chi connectivity index (χ1) is 9.04. The van der Waals surface area contributed by atoms with E-state index in [0.717, 1.165) is 19.3 Å². The standard InChI is InChI=1S/C12H20N4O3/c1-3-4-5-9(2)11(17)13-6-7-16-8-10(12(18)19)14-15-16/h8-9H,3-7H2,1-2H3,(H,13,17)(H,18,19). The van der Waals surface area contributed by atoms with Crippen LogP contribution in [0.25, 0.3) is 0 Å². The predicted molar refractivity (Wildman–Crippen MR) is 68.7 cm³/mol. The molecule has 1 atom stereocenters. The number of carboxylic acid groups (broad SMARTS) is 1. The van der Waals surface area contributed by atoms with Crippen LogP contribution >= 0.6 is 0 Å². The maximum atomic E-state index is 11.7. The van der Waals surface area contributed by atoms with Gasteiger partial charge in [-0.05, 0) is 6.42 Å². The number of nitrogens with zero attached hydrogens (tertiary/aromatic N) is 3. The van der Waals surface area contributed by atoms with Crippen molar-refractivity contribution >= 4 is 11.9 Å². The number of hydrogen-bond donors (Lipinski definition) is 2. The van der Waals surface area contributed by atoms with Crippen LogP contribution in [-0.4, -0.2) is 38.5 Å². The molecular weight excluding hydrogens is 248 g/mol. The Bertz CT molecular complexity index is 430. The van der Waals surface area contributed by atoms with Crippen LogP contribution in [0.3, 0.4) is 0 Å². The van der Waals surface area contributed by atoms with E-state index >= 15 is 0 Å². The van der Waals surface area contributed by atoms with Crippen molar-refractivity contribution < 1.29 is 14.7 Å². The molecule has 7 nitrogen and oxygen atoms in total. The van der Waals surface area contributed by atoms with Crippen LogP contribution in [0.2, 0.25) is 0 Å². The topological polar surface area (TPSA) is 97.1 Å². The molecule has 106 valence electrons. The Morgan fingerprint density at radius 1 is 1.53 bits per heavy atom. The fourth-order valence-electron chi connectivity index (χ4n) is 1.61. The van der Waals surface area contributed by atoms with Gasteiger partial charge >= 0.3 is 5.97 Å². The molecule has 0 saturated carbocycles. The summed E-state index contributed by atoms with van der Waals surface area (Å²) in [4.78, 5) is 22.3. The fourth-order valence-corrected chi connectivity index (χ4v) is 1.61. The third-order valence-corrected chi connectivity index (χ3v) is 2.84. The maximum absolute atomic E-state index is 11.7. The minimum absolute atomic E-state index is 0.00489. The molecule has 0 aliphatic carbocycles. The Balaban J connectivity index is 2.29. The number of nitrogens with one attached hydrogen (secondary N) is 1. The van der Waals surface area contributed by atoms with Gasteiger partial charge in [0.25, 0.3) is 0 Å². The van der Waals surface area contributed by atoms with Gasteiger partial charge in [-0.15, -0.1) is 5.10 Å². The Morgan fingerprint density at radius 3 is 2.84 bits per heavy atom. The molecule has 0 aromatic carbocycles. The Hall–Kier alpha value is -1.92. The second-order valence-electron chi connectivity index (χ2n) is 4.51. The number of carbonyl (C=O) groups excluding carboxylic acids is 1. The Kier molecular flexibility index (Phi) is 5.98. The normalized spacial score (nSPS) is 12.1. The van der Waals surface area contributed by atoms with Gasteiger partial charge in [0.1, 0.15) is 0 Å². The van der Waals surface area contributed by atoms with E-state index in [1.54, 1.807) is 0 Å². The zero-order chi connectivity index (χ0) is 14.3. The lowest BCUT2D eigenvalue weighted by molar-refractivity contribution is -0.124. The first-order valence-corrected chi connectivity index (χ1v) is 6.45. The zero-order valence-corrected chi connectivity index (χ0v) is 11.3. The van der Waals surface area contributed by atoms with Gasteiger partial charge in [-0.2, -0.15) is 0 Å². The van der Waals surface area contributed by atoms with Crippen molar-refractivity contribution in [2.75, 3.05) is 6.54 Å². The van der Waals surface area contributed by atoms with Crippen molar-refractivity contribution in [3.05, 3.63) is 11.9 Å². The number of amides is 1. The molecule has 0 radical (unpaired) electrons. The summed E-state index contributed by atoms with van der Waals surface area (Å²) in [7, 11) is 0. The van der Waals surface area contributed by atoms with Gasteiger partial charge in [-0.25, -0.2) is 9.48 Å². The number of aromatic carboxylic acids is 1. The second-order valence-corrected chi connectivity index (χ2v) is 4.51. The highest BCUT2D eigenvalue weighted by Gasteiger charge is 2.12. The summed E-state index contributed by atoms with van der Waals surface area (Å²) in [6.45, 7) is 4.82. The lowest BCUT2D eigenvalue weighted by atomic mass is 10.0. The number of carboxylic acids is 1. The van der Waals surface area contributed by atoms with E-state index in [-0.39, 0.29) is 17.5 Å². The second kappa shape index (κ2) is 7.50. The van der Waals surface area contributed by atoms with Crippen molar-refractivity contribution in [2.45, 2.75) is 39.7 Å². The van der Waals surface area contributed by atoms with Gasteiger partial charge in [0, 0.05) is 12.5 Å². The van der Waals surface area contributed by atoms with Gasteiger partial charge in [0.05, 0.1) is 12.7 Å². The van der Waals surface area contributed by atoms with E-state index in [4.69, 9.17) is 5.11 Å². The molecule has 0 spiro atoms. The molecule has 0 aliphatic rings. The molecule has 1 amide bonds. The average molecular weight is 268 g/mol. The molecule has 0 aliphatic heterocycles. The largest absolute Gasteiger partial charge is 0.476 e. The molecule has 19 heavy (non-hydrogen) atoms. The third kappa shape index (κ3) is 5.07. The molecule has 0 bridgehead atoms. The van der Waals surface area contributed by atoms with Gasteiger partial charge in [0.15, 0.2) is 5.69 Å². The average Bonchev–Trinajstić information content (AvgIpc) is 2.84. The van der Waals surface area contributed by atoms with E-state index in [2.05, 4.69) is 22.6 Å². The molecule has 1 heterocycles. The summed E-state index contributed by atoms with van der Waals surface area (Å²) in [5.41, 5.74) is -0.0948. The summed E-state index contributed by atoms with van der Waals surface area (Å²) < 4.78 is 1.40. The lowest BCUT2D eigenvalue weighted by Gasteiger charge is -2.11. The number of aromatic nitrogens is 3. The monoisotopic (exact) mass is 268 g/mol. The van der Waals surface area contributed by atoms with Gasteiger partial charge in [-0.1, -0.05) is 31.9 Å². The van der Waals surface area contributed by atoms with Crippen molar-refractivity contribution in [3.63, 3.8) is 0 Å². The predicted octanol–water partition coefficient (Wildman–Crippen LogP) is 0.919. The summed E-state index contributed by atoms with van der Waals surface area (Å²) in [5.74, 6) is -1.08. The Morgan fingerprint density at radius 2 is 2.26 bits per heavy atom. The van der Waals surface area contributed by atoms with Crippen LogP contribution in [-0.2, 0) is 11.3 Å². The minimum atomic E-state index is -1.11. The van der Waals surface area contributed by atoms with Crippen molar-refractivity contribution in [1.82, 2.24) is 20.3 Å². The highest BCUT2D eigenvalue weighted by Crippen LogP contribution is 2.07. The van der Waals surface area contributed by atoms with Crippen LogP contribution in [0.4, 0.5) is 0 Å². The van der Waals surface area contributed by atoms with E-state index in [1.807, 2.05) is 6.92 Å². The molecular formula is C12H20N4O3. The molecule has 1 unspecified atom stereocenters. The number of hydrogen-bond acceptors (Lipinski definition) is 4. The first kappa shape index (κ1) is 15.1. The molecule has 0 saturated heterocycles. The summed E-state index contributed by atoms with van der Waals surface area (Å²) in [6.07, 6.45) is 4.35. The maximum Gasteiger partial charge on any atom is 0.358 e. The Labute approximate surface area is 112 Å². The highest BCUT2D eigenvalue weighted by atomic mass is 16.4. The summed E-state index contributed by atoms with van der Waals surface area (Å²) in [6, 6.07) is 0. The summed E-state index contributed by atoms with van der Waals surface area (Å²) in [5, 5.41) is 18.6. The molecule has 2 N–H and O–H groups in total. The fraction of sp³-hybridized carbons (Fsp3) is 0.667. The number of carbonyl (C=O) groups is 2. The molecule has 1 rings (SSSR count). The third-order valence-electron chi connectivity index (χ3n) is 2.84. The van der Waals surface area contributed by atoms with Crippen molar-refractivity contribution in [3.8, 4) is 0 Å². The van der Waals surface area contributed by atoms with Gasteiger partial charge < -0.3 is 10.4 Å². The molecule has 1 aromatic heterocycles. The highest BCUT2D eigenvalue weighted by molar-refractivity contribution is 5.84. The summed E-state index contributed by atoms with van der Waals surface area (Å²) >= 11 is 0. The molecule has 1 aromatic rings. The quantitative estimate of drug-likeness (QED) is 0.730. The van der Waals surface area contributed by atoms with E-state index in [1.165, 1.54) is 10.9 Å². The SMILES string of the molecule is CCCCC(C)C(=O)NCCn1cc(C(=O)O)nn1. The minimum Gasteiger partial charge on any atom is -0.476 e. The van der Waals surface area contributed by atoms with Crippen LogP contribution < -0.4 is 5.32 Å². The number of rotatable bonds is 8. The van der Waals surface area contributed by atoms with Crippen LogP contribution in [0.5, 0.6) is 0 Å². The van der Waals surface area contributed by atoms with Crippen LogP contribution in [0, 0.1) is 5.92 Å². The number of unbranched alkanes of at least 4 members (excludes halogenated alkanes) is 1. The van der Waals surface area contributed by atoms with Crippen molar-refractivity contribution in [1.29, 1.82) is 0 Å². The smallest absolute Gasteiger partial charge is 0.358 e. The lowest BCUT2D eigenvalue weighted by Crippen LogP contribution is -2.32. The molecule has 0 fully saturated rings. The van der Waals surface area contributed by atoms with E-state index in [9.17, 15) is 9.59 Å². The first-order valence-electron chi connectivity index (χ1n) is 6.45. The van der Waals surface area contributed by atoms with E-state index < -0.39 is 5.97 Å². The zero-order valence-electron chi connectivity index (χ0n) is 11.3. The van der Waals surface area contributed by atoms with Crippen LogP contribution in [0.1, 0.15) is 43.6 Å². The molecule has 7 heteroatoms. The van der Waals surface area contributed by atoms with Gasteiger partial charge in [-0.3, -0.25) is 4.79 Å². The van der Waals surface area contributed by atoms with Crippen molar-refractivity contribution in [2.24, 2.45) is 5.92 Å².